The number of rotatable bonds is 1. The molecule has 0 aliphatic heterocycles. The van der Waals surface area contributed by atoms with E-state index in [0.29, 0.717) is 5.56 Å². The molecule has 0 spiro atoms. The van der Waals surface area contributed by atoms with Crippen molar-refractivity contribution in [2.24, 2.45) is 0 Å². The van der Waals surface area contributed by atoms with Gasteiger partial charge in [0.15, 0.2) is 0 Å². The van der Waals surface area contributed by atoms with Crippen molar-refractivity contribution in [3.63, 3.8) is 0 Å². The lowest BCUT2D eigenvalue weighted by Gasteiger charge is -1.90. The molecular weight excluding hydrogens is 198 g/mol. The highest BCUT2D eigenvalue weighted by molar-refractivity contribution is 5.40. The number of aromatic amines is 1. The maximum absolute atomic E-state index is 10.9. The smallest absolute Gasteiger partial charge is 0.322 e. The molecule has 0 amide bonds. The third-order valence-electron chi connectivity index (χ3n) is 1.48. The second-order valence-corrected chi connectivity index (χ2v) is 2.50. The van der Waals surface area contributed by atoms with Gasteiger partial charge in [0.05, 0.1) is 17.4 Å². The minimum absolute atomic E-state index is 0.0346. The first-order chi connectivity index (χ1) is 7.15. The van der Waals surface area contributed by atoms with E-state index >= 15 is 0 Å². The van der Waals surface area contributed by atoms with Gasteiger partial charge in [-0.15, -0.1) is 0 Å². The second kappa shape index (κ2) is 4.58. The topological polar surface area (TPSA) is 99.8 Å². The highest BCUT2D eigenvalue weighted by Crippen LogP contribution is 2.04. The van der Waals surface area contributed by atoms with Gasteiger partial charge in [-0.1, -0.05) is 11.8 Å². The molecule has 6 heteroatoms. The average Bonchev–Trinajstić information content (AvgIpc) is 2.20. The van der Waals surface area contributed by atoms with Crippen molar-refractivity contribution in [1.29, 1.82) is 5.26 Å². The van der Waals surface area contributed by atoms with Crippen LogP contribution in [0.2, 0.25) is 0 Å². The van der Waals surface area contributed by atoms with Gasteiger partial charge in [-0.05, 0) is 0 Å². The summed E-state index contributed by atoms with van der Waals surface area (Å²) in [6, 6.07) is 2.88. The summed E-state index contributed by atoms with van der Waals surface area (Å²) < 4.78 is 0. The van der Waals surface area contributed by atoms with E-state index < -0.39 is 16.2 Å². The van der Waals surface area contributed by atoms with Crippen LogP contribution < -0.4 is 5.56 Å². The number of pyridine rings is 1. The summed E-state index contributed by atoms with van der Waals surface area (Å²) in [6.45, 7) is 0. The fourth-order valence-electron chi connectivity index (χ4n) is 0.865. The van der Waals surface area contributed by atoms with Crippen molar-refractivity contribution in [2.75, 3.05) is 0 Å². The summed E-state index contributed by atoms with van der Waals surface area (Å²) in [5.41, 5.74) is -1.03. The van der Waals surface area contributed by atoms with Crippen LogP contribution >= 0.6 is 0 Å². The molecule has 0 atom stereocenters. The number of H-pyrrole nitrogens is 1. The van der Waals surface area contributed by atoms with Crippen LogP contribution in [0.1, 0.15) is 12.0 Å². The molecule has 0 aromatic carbocycles. The lowest BCUT2D eigenvalue weighted by molar-refractivity contribution is -0.386. The Balaban J connectivity index is 3.11. The lowest BCUT2D eigenvalue weighted by atomic mass is 10.2. The Labute approximate surface area is 84.3 Å². The number of aromatic nitrogens is 1. The molecule has 1 rings (SSSR count). The van der Waals surface area contributed by atoms with Crippen molar-refractivity contribution in [1.82, 2.24) is 4.98 Å². The zero-order valence-corrected chi connectivity index (χ0v) is 7.48. The van der Waals surface area contributed by atoms with Crippen LogP contribution in [0.15, 0.2) is 17.1 Å². The molecule has 0 radical (unpaired) electrons. The van der Waals surface area contributed by atoms with Crippen LogP contribution in [-0.2, 0) is 0 Å². The first-order valence-electron chi connectivity index (χ1n) is 3.88. The molecule has 0 unspecified atom stereocenters. The summed E-state index contributed by atoms with van der Waals surface area (Å²) in [5.74, 6) is 5.00. The summed E-state index contributed by atoms with van der Waals surface area (Å²) in [5, 5.41) is 18.6. The standard InChI is InChI=1S/C9H5N3O3/c10-4-2-1-3-7-5-8(12(14)15)9(13)11-6-7/h5-6H,2H2,(H,11,13). The van der Waals surface area contributed by atoms with Gasteiger partial charge in [0, 0.05) is 17.8 Å². The SMILES string of the molecule is N#CCC#Cc1c[nH]c(=O)c([N+](=O)[O-])c1. The van der Waals surface area contributed by atoms with E-state index in [4.69, 9.17) is 5.26 Å². The maximum atomic E-state index is 10.9. The Morgan fingerprint density at radius 1 is 1.60 bits per heavy atom. The fourth-order valence-corrected chi connectivity index (χ4v) is 0.865. The van der Waals surface area contributed by atoms with Gasteiger partial charge in [0.1, 0.15) is 0 Å². The van der Waals surface area contributed by atoms with E-state index in [1.165, 1.54) is 6.20 Å². The molecule has 0 saturated heterocycles. The summed E-state index contributed by atoms with van der Waals surface area (Å²) >= 11 is 0. The van der Waals surface area contributed by atoms with Crippen molar-refractivity contribution in [2.45, 2.75) is 6.42 Å². The van der Waals surface area contributed by atoms with Crippen LogP contribution in [0.25, 0.3) is 0 Å². The zero-order chi connectivity index (χ0) is 11.3. The number of nitro groups is 1. The molecule has 0 bridgehead atoms. The van der Waals surface area contributed by atoms with Crippen LogP contribution in [0.3, 0.4) is 0 Å². The van der Waals surface area contributed by atoms with Gasteiger partial charge in [-0.2, -0.15) is 5.26 Å². The van der Waals surface area contributed by atoms with Crippen LogP contribution in [0.4, 0.5) is 5.69 Å². The van der Waals surface area contributed by atoms with Crippen LogP contribution in [-0.4, -0.2) is 9.91 Å². The van der Waals surface area contributed by atoms with E-state index in [2.05, 4.69) is 16.8 Å². The van der Waals surface area contributed by atoms with Gasteiger partial charge in [-0.25, -0.2) is 0 Å². The van der Waals surface area contributed by atoms with Crippen molar-refractivity contribution in [3.05, 3.63) is 38.3 Å². The fraction of sp³-hybridized carbons (Fsp3) is 0.111. The van der Waals surface area contributed by atoms with E-state index in [1.807, 2.05) is 6.07 Å². The van der Waals surface area contributed by atoms with Gasteiger partial charge in [0.25, 0.3) is 0 Å². The monoisotopic (exact) mass is 203 g/mol. The molecule has 6 nitrogen and oxygen atoms in total. The molecule has 1 N–H and O–H groups in total. The summed E-state index contributed by atoms with van der Waals surface area (Å²) in [4.78, 5) is 22.7. The highest BCUT2D eigenvalue weighted by Gasteiger charge is 2.11. The number of nitrogens with one attached hydrogen (secondary N) is 1. The van der Waals surface area contributed by atoms with Gasteiger partial charge in [-0.3, -0.25) is 14.9 Å². The normalized spacial score (nSPS) is 8.47. The predicted octanol–water partition coefficient (Wildman–Crippen LogP) is 0.548. The molecule has 1 aromatic rings. The number of nitriles is 1. The molecule has 0 saturated carbocycles. The molecule has 0 fully saturated rings. The predicted molar refractivity (Wildman–Crippen MR) is 50.8 cm³/mol. The maximum Gasteiger partial charge on any atom is 0.335 e. The lowest BCUT2D eigenvalue weighted by Crippen LogP contribution is -2.10. The molecule has 1 aromatic heterocycles. The van der Waals surface area contributed by atoms with E-state index in [-0.39, 0.29) is 6.42 Å². The summed E-state index contributed by atoms with van der Waals surface area (Å²) in [7, 11) is 0. The van der Waals surface area contributed by atoms with Crippen molar-refractivity contribution < 1.29 is 4.92 Å². The van der Waals surface area contributed by atoms with E-state index in [9.17, 15) is 14.9 Å². The molecule has 1 heterocycles. The van der Waals surface area contributed by atoms with E-state index in [0.717, 1.165) is 6.07 Å². The Kier molecular flexibility index (Phi) is 3.20. The van der Waals surface area contributed by atoms with E-state index in [1.54, 1.807) is 0 Å². The Bertz CT molecular complexity index is 542. The molecule has 0 aliphatic rings. The summed E-state index contributed by atoms with van der Waals surface area (Å²) in [6.07, 6.45) is 1.30. The first kappa shape index (κ1) is 10.5. The van der Waals surface area contributed by atoms with Gasteiger partial charge < -0.3 is 4.98 Å². The Morgan fingerprint density at radius 3 is 2.93 bits per heavy atom. The quantitative estimate of drug-likeness (QED) is 0.409. The second-order valence-electron chi connectivity index (χ2n) is 2.50. The molecule has 0 aliphatic carbocycles. The molecule has 15 heavy (non-hydrogen) atoms. The van der Waals surface area contributed by atoms with Gasteiger partial charge >= 0.3 is 11.2 Å². The highest BCUT2D eigenvalue weighted by atomic mass is 16.6. The third-order valence-corrected chi connectivity index (χ3v) is 1.48. The Hall–Kier alpha value is -2.60. The Morgan fingerprint density at radius 2 is 2.33 bits per heavy atom. The van der Waals surface area contributed by atoms with Crippen molar-refractivity contribution in [3.8, 4) is 17.9 Å². The minimum atomic E-state index is -0.783. The van der Waals surface area contributed by atoms with Crippen LogP contribution in [0.5, 0.6) is 0 Å². The van der Waals surface area contributed by atoms with Crippen molar-refractivity contribution >= 4 is 5.69 Å². The molecular formula is C9H5N3O3. The first-order valence-corrected chi connectivity index (χ1v) is 3.88. The van der Waals surface area contributed by atoms with Crippen LogP contribution in [0, 0.1) is 33.3 Å². The number of nitrogens with zero attached hydrogens (tertiary/aromatic N) is 2. The number of hydrogen-bond donors (Lipinski definition) is 1. The third kappa shape index (κ3) is 2.68. The number of hydrogen-bond acceptors (Lipinski definition) is 4. The largest absolute Gasteiger partial charge is 0.335 e. The molecule has 74 valence electrons. The van der Waals surface area contributed by atoms with Gasteiger partial charge in [0.2, 0.25) is 0 Å². The average molecular weight is 203 g/mol. The zero-order valence-electron chi connectivity index (χ0n) is 7.48. The minimum Gasteiger partial charge on any atom is -0.322 e.